The molecule has 0 amide bonds. The van der Waals surface area contributed by atoms with Crippen LogP contribution in [0.25, 0.3) is 16.6 Å². The van der Waals surface area contributed by atoms with Crippen molar-refractivity contribution in [3.05, 3.63) is 65.7 Å². The number of rotatable bonds is 7. The van der Waals surface area contributed by atoms with E-state index in [1.807, 2.05) is 24.0 Å². The van der Waals surface area contributed by atoms with Crippen LogP contribution in [0, 0.1) is 18.7 Å². The molecule has 0 spiro atoms. The Morgan fingerprint density at radius 3 is 2.60 bits per heavy atom. The van der Waals surface area contributed by atoms with Gasteiger partial charge in [-0.15, -0.1) is 5.10 Å². The lowest BCUT2D eigenvalue weighted by Crippen LogP contribution is -2.47. The molecule has 184 valence electrons. The van der Waals surface area contributed by atoms with Crippen molar-refractivity contribution in [1.29, 1.82) is 0 Å². The van der Waals surface area contributed by atoms with Crippen molar-refractivity contribution in [2.24, 2.45) is 5.92 Å². The Bertz CT molecular complexity index is 1300. The Morgan fingerprint density at radius 1 is 1.09 bits per heavy atom. The zero-order valence-electron chi connectivity index (χ0n) is 20.7. The molecule has 1 aliphatic heterocycles. The van der Waals surface area contributed by atoms with Crippen molar-refractivity contribution >= 4 is 22.9 Å². The van der Waals surface area contributed by atoms with E-state index < -0.39 is 0 Å². The van der Waals surface area contributed by atoms with Crippen molar-refractivity contribution in [2.45, 2.75) is 45.3 Å². The van der Waals surface area contributed by atoms with Crippen LogP contribution in [0.1, 0.15) is 37.9 Å². The highest BCUT2D eigenvalue weighted by molar-refractivity contribution is 7.97. The van der Waals surface area contributed by atoms with Gasteiger partial charge in [0.2, 0.25) is 0 Å². The highest BCUT2D eigenvalue weighted by Gasteiger charge is 2.31. The van der Waals surface area contributed by atoms with E-state index in [1.165, 1.54) is 23.3 Å². The molecule has 1 atom stereocenters. The first-order valence-electron chi connectivity index (χ1n) is 12.2. The summed E-state index contributed by atoms with van der Waals surface area (Å²) < 4.78 is 17.7. The molecule has 7 nitrogen and oxygen atoms in total. The largest absolute Gasteiger partial charge is 0.293 e. The maximum Gasteiger partial charge on any atom is 0.153 e. The summed E-state index contributed by atoms with van der Waals surface area (Å²) in [6.45, 7) is 13.5. The van der Waals surface area contributed by atoms with Crippen molar-refractivity contribution < 1.29 is 4.39 Å². The van der Waals surface area contributed by atoms with E-state index in [2.05, 4.69) is 57.4 Å². The highest BCUT2D eigenvalue weighted by Crippen LogP contribution is 2.35. The molecular formula is C26H32FN7S. The molecule has 0 N–H and O–H groups in total. The van der Waals surface area contributed by atoms with Crippen LogP contribution in [0.5, 0.6) is 0 Å². The SMILES string of the molecule is CCn1ncc(SN2CCN(CC(C)C)C(c3cc4cnn(-c5ccc(F)cc5)c4cc3C)C2)n1. The van der Waals surface area contributed by atoms with Gasteiger partial charge in [-0.25, -0.2) is 13.4 Å². The molecule has 1 unspecified atom stereocenters. The van der Waals surface area contributed by atoms with E-state index in [0.29, 0.717) is 5.92 Å². The summed E-state index contributed by atoms with van der Waals surface area (Å²) in [5, 5.41) is 15.5. The van der Waals surface area contributed by atoms with Gasteiger partial charge in [0.1, 0.15) is 5.82 Å². The number of nitrogens with zero attached hydrogens (tertiary/aromatic N) is 7. The highest BCUT2D eigenvalue weighted by atomic mass is 32.2. The molecule has 0 aliphatic carbocycles. The van der Waals surface area contributed by atoms with E-state index in [0.717, 1.165) is 54.3 Å². The molecule has 2 aromatic carbocycles. The lowest BCUT2D eigenvalue weighted by Gasteiger charge is -2.42. The number of fused-ring (bicyclic) bond motifs is 1. The van der Waals surface area contributed by atoms with Crippen molar-refractivity contribution in [2.75, 3.05) is 26.2 Å². The van der Waals surface area contributed by atoms with Gasteiger partial charge in [0.15, 0.2) is 5.03 Å². The normalized spacial score (nSPS) is 17.6. The van der Waals surface area contributed by atoms with Crippen LogP contribution < -0.4 is 0 Å². The van der Waals surface area contributed by atoms with Crippen LogP contribution in [-0.4, -0.2) is 60.2 Å². The van der Waals surface area contributed by atoms with Crippen LogP contribution in [-0.2, 0) is 6.54 Å². The van der Waals surface area contributed by atoms with Crippen molar-refractivity contribution in [3.8, 4) is 5.69 Å². The monoisotopic (exact) mass is 493 g/mol. The van der Waals surface area contributed by atoms with Gasteiger partial charge in [0, 0.05) is 37.6 Å². The van der Waals surface area contributed by atoms with Gasteiger partial charge in [0.25, 0.3) is 0 Å². The minimum Gasteiger partial charge on any atom is -0.293 e. The summed E-state index contributed by atoms with van der Waals surface area (Å²) in [4.78, 5) is 4.34. The van der Waals surface area contributed by atoms with Gasteiger partial charge in [-0.1, -0.05) is 13.8 Å². The Morgan fingerprint density at radius 2 is 1.89 bits per heavy atom. The third-order valence-electron chi connectivity index (χ3n) is 6.46. The third-order valence-corrected chi connectivity index (χ3v) is 7.42. The second-order valence-electron chi connectivity index (χ2n) is 9.56. The number of aryl methyl sites for hydroxylation is 2. The predicted octanol–water partition coefficient (Wildman–Crippen LogP) is 5.11. The predicted molar refractivity (Wildman–Crippen MR) is 138 cm³/mol. The average molecular weight is 494 g/mol. The molecule has 0 saturated carbocycles. The lowest BCUT2D eigenvalue weighted by atomic mass is 9.96. The number of hydrogen-bond donors (Lipinski definition) is 0. The molecule has 9 heteroatoms. The number of hydrogen-bond acceptors (Lipinski definition) is 6. The van der Waals surface area contributed by atoms with Gasteiger partial charge < -0.3 is 0 Å². The van der Waals surface area contributed by atoms with E-state index >= 15 is 0 Å². The van der Waals surface area contributed by atoms with Crippen LogP contribution in [0.15, 0.2) is 53.8 Å². The number of aromatic nitrogens is 5. The summed E-state index contributed by atoms with van der Waals surface area (Å²) in [7, 11) is 0. The molecule has 4 aromatic rings. The maximum absolute atomic E-state index is 13.4. The quantitative estimate of drug-likeness (QED) is 0.334. The third kappa shape index (κ3) is 5.12. The van der Waals surface area contributed by atoms with E-state index in [1.54, 1.807) is 28.9 Å². The first-order valence-corrected chi connectivity index (χ1v) is 13.0. The second-order valence-corrected chi connectivity index (χ2v) is 10.7. The maximum atomic E-state index is 13.4. The lowest BCUT2D eigenvalue weighted by molar-refractivity contribution is 0.110. The van der Waals surface area contributed by atoms with Gasteiger partial charge in [-0.05, 0) is 79.2 Å². The molecule has 5 rings (SSSR count). The summed E-state index contributed by atoms with van der Waals surface area (Å²) in [6, 6.07) is 11.3. The summed E-state index contributed by atoms with van der Waals surface area (Å²) in [6.07, 6.45) is 3.76. The van der Waals surface area contributed by atoms with Crippen molar-refractivity contribution in [3.63, 3.8) is 0 Å². The zero-order valence-corrected chi connectivity index (χ0v) is 21.5. The van der Waals surface area contributed by atoms with E-state index in [9.17, 15) is 4.39 Å². The fraction of sp³-hybridized carbons (Fsp3) is 0.423. The number of halogens is 1. The topological polar surface area (TPSA) is 55.0 Å². The summed E-state index contributed by atoms with van der Waals surface area (Å²) >= 11 is 1.70. The molecule has 3 heterocycles. The molecule has 35 heavy (non-hydrogen) atoms. The number of benzene rings is 2. The molecule has 1 aliphatic rings. The Labute approximate surface area is 210 Å². The molecule has 0 radical (unpaired) electrons. The Kier molecular flexibility index (Phi) is 6.91. The standard InChI is InChI=1S/C26H32FN7S/c1-5-33-28-15-26(30-33)35-32-11-10-31(16-18(2)3)25(17-32)23-13-20-14-29-34(24(20)12-19(23)4)22-8-6-21(27)7-9-22/h6-9,12-15,18,25H,5,10-11,16-17H2,1-4H3. The zero-order chi connectivity index (χ0) is 24.5. The van der Waals surface area contributed by atoms with Crippen LogP contribution in [0.4, 0.5) is 4.39 Å². The minimum absolute atomic E-state index is 0.245. The Hall–Kier alpha value is -2.75. The summed E-state index contributed by atoms with van der Waals surface area (Å²) in [5.41, 5.74) is 4.46. The molecule has 1 saturated heterocycles. The molecule has 2 aromatic heterocycles. The van der Waals surface area contributed by atoms with E-state index in [4.69, 9.17) is 0 Å². The second kappa shape index (κ2) is 10.1. The fourth-order valence-corrected chi connectivity index (χ4v) is 5.69. The van der Waals surface area contributed by atoms with Crippen LogP contribution in [0.2, 0.25) is 0 Å². The van der Waals surface area contributed by atoms with Gasteiger partial charge in [0.05, 0.1) is 30.1 Å². The molecule has 1 fully saturated rings. The van der Waals surface area contributed by atoms with Crippen LogP contribution in [0.3, 0.4) is 0 Å². The molecule has 0 bridgehead atoms. The van der Waals surface area contributed by atoms with Crippen molar-refractivity contribution in [1.82, 2.24) is 34.0 Å². The molecular weight excluding hydrogens is 461 g/mol. The van der Waals surface area contributed by atoms with Gasteiger partial charge >= 0.3 is 0 Å². The van der Waals surface area contributed by atoms with E-state index in [-0.39, 0.29) is 11.9 Å². The fourth-order valence-electron chi connectivity index (χ4n) is 4.81. The summed E-state index contributed by atoms with van der Waals surface area (Å²) in [5.74, 6) is 0.345. The van der Waals surface area contributed by atoms with Crippen LogP contribution >= 0.6 is 11.9 Å². The average Bonchev–Trinajstić information content (AvgIpc) is 3.46. The first-order chi connectivity index (χ1) is 16.9. The smallest absolute Gasteiger partial charge is 0.153 e. The Balaban J connectivity index is 1.46. The number of piperazine rings is 1. The van der Waals surface area contributed by atoms with Gasteiger partial charge in [-0.3, -0.25) is 4.90 Å². The van der Waals surface area contributed by atoms with Gasteiger partial charge in [-0.2, -0.15) is 15.0 Å². The first kappa shape index (κ1) is 24.0. The minimum atomic E-state index is -0.245.